The van der Waals surface area contributed by atoms with E-state index in [0.29, 0.717) is 5.92 Å². The molecule has 0 unspecified atom stereocenters. The van der Waals surface area contributed by atoms with Crippen LogP contribution in [0.15, 0.2) is 35.9 Å². The fourth-order valence-corrected chi connectivity index (χ4v) is 2.50. The van der Waals surface area contributed by atoms with E-state index in [-0.39, 0.29) is 0 Å². The molecule has 0 saturated heterocycles. The van der Waals surface area contributed by atoms with Crippen molar-refractivity contribution in [2.75, 3.05) is 0 Å². The molecule has 0 amide bonds. The first kappa shape index (κ1) is 12.2. The Morgan fingerprint density at radius 2 is 1.82 bits per heavy atom. The van der Waals surface area contributed by atoms with E-state index in [1.165, 1.54) is 11.6 Å². The van der Waals surface area contributed by atoms with Gasteiger partial charge in [0, 0.05) is 11.1 Å². The second-order valence-electron chi connectivity index (χ2n) is 4.47. The van der Waals surface area contributed by atoms with Crippen LogP contribution in [0.1, 0.15) is 37.2 Å². The standard InChI is InChI=1S/C14H15ClO2/c15-13-7-5-12(6-8-13)11-3-1-10(2-4-11)9-14(16)17/h5-9,11H,1-4H2,(H,16,17). The lowest BCUT2D eigenvalue weighted by Gasteiger charge is -2.24. The third-order valence-corrected chi connectivity index (χ3v) is 3.55. The highest BCUT2D eigenvalue weighted by atomic mass is 35.5. The summed E-state index contributed by atoms with van der Waals surface area (Å²) < 4.78 is 0. The number of halogens is 1. The van der Waals surface area contributed by atoms with Gasteiger partial charge < -0.3 is 5.11 Å². The average Bonchev–Trinajstić information content (AvgIpc) is 2.30. The number of aliphatic carboxylic acids is 1. The summed E-state index contributed by atoms with van der Waals surface area (Å²) >= 11 is 5.86. The number of hydrogen-bond acceptors (Lipinski definition) is 1. The SMILES string of the molecule is O=C(O)C=C1CCC(c2ccc(Cl)cc2)CC1. The molecule has 0 atom stereocenters. The lowest BCUT2D eigenvalue weighted by Crippen LogP contribution is -2.07. The van der Waals surface area contributed by atoms with E-state index in [2.05, 4.69) is 12.1 Å². The first-order chi connectivity index (χ1) is 8.15. The second kappa shape index (κ2) is 5.37. The zero-order valence-electron chi connectivity index (χ0n) is 9.53. The maximum absolute atomic E-state index is 10.6. The molecule has 1 aliphatic carbocycles. The minimum atomic E-state index is -0.829. The van der Waals surface area contributed by atoms with Gasteiger partial charge in [0.2, 0.25) is 0 Å². The van der Waals surface area contributed by atoms with Crippen LogP contribution in [-0.2, 0) is 4.79 Å². The molecule has 1 N–H and O–H groups in total. The number of allylic oxidation sites excluding steroid dienone is 1. The molecule has 0 bridgehead atoms. The topological polar surface area (TPSA) is 37.3 Å². The van der Waals surface area contributed by atoms with Gasteiger partial charge >= 0.3 is 5.97 Å². The number of carboxylic acid groups (broad SMARTS) is 1. The highest BCUT2D eigenvalue weighted by Crippen LogP contribution is 2.35. The number of carboxylic acids is 1. The predicted octanol–water partition coefficient (Wildman–Crippen LogP) is 4.01. The van der Waals surface area contributed by atoms with E-state index in [0.717, 1.165) is 36.3 Å². The van der Waals surface area contributed by atoms with Crippen LogP contribution in [-0.4, -0.2) is 11.1 Å². The molecule has 0 radical (unpaired) electrons. The van der Waals surface area contributed by atoms with Gasteiger partial charge in [-0.2, -0.15) is 0 Å². The fourth-order valence-electron chi connectivity index (χ4n) is 2.38. The largest absolute Gasteiger partial charge is 0.478 e. The average molecular weight is 251 g/mol. The van der Waals surface area contributed by atoms with Crippen LogP contribution in [0.25, 0.3) is 0 Å². The van der Waals surface area contributed by atoms with Crippen LogP contribution in [0.5, 0.6) is 0 Å². The van der Waals surface area contributed by atoms with Crippen molar-refractivity contribution in [1.29, 1.82) is 0 Å². The van der Waals surface area contributed by atoms with Crippen LogP contribution in [0.4, 0.5) is 0 Å². The van der Waals surface area contributed by atoms with Crippen LogP contribution in [0.3, 0.4) is 0 Å². The zero-order chi connectivity index (χ0) is 12.3. The monoisotopic (exact) mass is 250 g/mol. The summed E-state index contributed by atoms with van der Waals surface area (Å²) in [4.78, 5) is 10.6. The summed E-state index contributed by atoms with van der Waals surface area (Å²) in [6, 6.07) is 7.97. The molecule has 1 aromatic carbocycles. The Bertz CT molecular complexity index is 424. The molecule has 3 heteroatoms. The van der Waals surface area contributed by atoms with Gasteiger partial charge in [0.05, 0.1) is 0 Å². The highest BCUT2D eigenvalue weighted by Gasteiger charge is 2.18. The number of carbonyl (C=O) groups is 1. The van der Waals surface area contributed by atoms with Crippen LogP contribution < -0.4 is 0 Å². The van der Waals surface area contributed by atoms with E-state index >= 15 is 0 Å². The van der Waals surface area contributed by atoms with Crippen molar-refractivity contribution in [1.82, 2.24) is 0 Å². The lowest BCUT2D eigenvalue weighted by atomic mass is 9.81. The summed E-state index contributed by atoms with van der Waals surface area (Å²) in [6.45, 7) is 0. The van der Waals surface area contributed by atoms with Crippen molar-refractivity contribution in [3.63, 3.8) is 0 Å². The van der Waals surface area contributed by atoms with Gasteiger partial charge in [-0.1, -0.05) is 29.3 Å². The van der Waals surface area contributed by atoms with Gasteiger partial charge in [-0.25, -0.2) is 4.79 Å². The molecule has 0 aliphatic heterocycles. The Morgan fingerprint density at radius 3 is 2.35 bits per heavy atom. The first-order valence-electron chi connectivity index (χ1n) is 5.83. The molecular formula is C14H15ClO2. The van der Waals surface area contributed by atoms with Crippen molar-refractivity contribution in [2.24, 2.45) is 0 Å². The van der Waals surface area contributed by atoms with E-state index in [4.69, 9.17) is 16.7 Å². The van der Waals surface area contributed by atoms with E-state index < -0.39 is 5.97 Å². The molecule has 0 spiro atoms. The predicted molar refractivity (Wildman–Crippen MR) is 68.4 cm³/mol. The Kier molecular flexibility index (Phi) is 3.85. The van der Waals surface area contributed by atoms with Crippen LogP contribution in [0.2, 0.25) is 5.02 Å². The molecule has 90 valence electrons. The lowest BCUT2D eigenvalue weighted by molar-refractivity contribution is -0.131. The molecule has 17 heavy (non-hydrogen) atoms. The van der Waals surface area contributed by atoms with Crippen LogP contribution >= 0.6 is 11.6 Å². The third-order valence-electron chi connectivity index (χ3n) is 3.30. The molecular weight excluding hydrogens is 236 g/mol. The van der Waals surface area contributed by atoms with Gasteiger partial charge in [0.15, 0.2) is 0 Å². The Labute approximate surface area is 106 Å². The molecule has 1 aromatic rings. The summed E-state index contributed by atoms with van der Waals surface area (Å²) in [5, 5.41) is 9.45. The van der Waals surface area contributed by atoms with Gasteiger partial charge in [0.1, 0.15) is 0 Å². The summed E-state index contributed by atoms with van der Waals surface area (Å²) in [6.07, 6.45) is 5.19. The molecule has 1 saturated carbocycles. The zero-order valence-corrected chi connectivity index (χ0v) is 10.3. The Morgan fingerprint density at radius 1 is 1.24 bits per heavy atom. The number of benzene rings is 1. The van der Waals surface area contributed by atoms with Crippen molar-refractivity contribution in [3.8, 4) is 0 Å². The molecule has 0 aromatic heterocycles. The van der Waals surface area contributed by atoms with E-state index in [9.17, 15) is 4.79 Å². The smallest absolute Gasteiger partial charge is 0.328 e. The van der Waals surface area contributed by atoms with Crippen molar-refractivity contribution in [2.45, 2.75) is 31.6 Å². The maximum Gasteiger partial charge on any atom is 0.328 e. The maximum atomic E-state index is 10.6. The first-order valence-corrected chi connectivity index (χ1v) is 6.21. The highest BCUT2D eigenvalue weighted by molar-refractivity contribution is 6.30. The molecule has 2 nitrogen and oxygen atoms in total. The summed E-state index contributed by atoms with van der Waals surface area (Å²) in [5.41, 5.74) is 2.37. The van der Waals surface area contributed by atoms with Crippen molar-refractivity contribution in [3.05, 3.63) is 46.5 Å². The van der Waals surface area contributed by atoms with Gasteiger partial charge in [-0.05, 0) is 49.3 Å². The fraction of sp³-hybridized carbons (Fsp3) is 0.357. The van der Waals surface area contributed by atoms with Crippen LogP contribution in [0, 0.1) is 0 Å². The molecule has 0 heterocycles. The normalized spacial score (nSPS) is 20.1. The third kappa shape index (κ3) is 3.34. The Balaban J connectivity index is 1.99. The molecule has 2 rings (SSSR count). The van der Waals surface area contributed by atoms with Gasteiger partial charge in [-0.15, -0.1) is 0 Å². The van der Waals surface area contributed by atoms with Gasteiger partial charge in [0.25, 0.3) is 0 Å². The number of hydrogen-bond donors (Lipinski definition) is 1. The minimum absolute atomic E-state index is 0.540. The summed E-state index contributed by atoms with van der Waals surface area (Å²) in [5.74, 6) is -0.289. The van der Waals surface area contributed by atoms with E-state index in [1.54, 1.807) is 0 Å². The Hall–Kier alpha value is -1.28. The quantitative estimate of drug-likeness (QED) is 0.806. The molecule has 1 aliphatic rings. The second-order valence-corrected chi connectivity index (χ2v) is 4.90. The number of rotatable bonds is 2. The molecule has 1 fully saturated rings. The van der Waals surface area contributed by atoms with Gasteiger partial charge in [-0.3, -0.25) is 0 Å². The summed E-state index contributed by atoms with van der Waals surface area (Å²) in [7, 11) is 0. The minimum Gasteiger partial charge on any atom is -0.478 e. The van der Waals surface area contributed by atoms with E-state index in [1.807, 2.05) is 12.1 Å². The van der Waals surface area contributed by atoms with Crippen molar-refractivity contribution < 1.29 is 9.90 Å². The van der Waals surface area contributed by atoms with Crippen molar-refractivity contribution >= 4 is 17.6 Å².